The van der Waals surface area contributed by atoms with Gasteiger partial charge in [-0.15, -0.1) is 0 Å². The molecule has 3 nitrogen and oxygen atoms in total. The first-order chi connectivity index (χ1) is 10.9. The standard InChI is InChI=1S/C18H22ClN2OS/c1-21(2,3)12-6-11-20-15-7-4-5-8-17(15)23(22)18-10-9-14(19)13-16(18)20/h4-5,7-10,13H,6,11-12H2,1-3H3/q+1. The highest BCUT2D eigenvalue weighted by molar-refractivity contribution is 7.85. The zero-order chi connectivity index (χ0) is 16.6. The van der Waals surface area contributed by atoms with Crippen molar-refractivity contribution in [1.82, 2.24) is 0 Å². The van der Waals surface area contributed by atoms with E-state index in [2.05, 4.69) is 26.0 Å². The topological polar surface area (TPSA) is 20.3 Å². The number of benzene rings is 2. The summed E-state index contributed by atoms with van der Waals surface area (Å²) >= 11 is 6.19. The third kappa shape index (κ3) is 3.44. The van der Waals surface area contributed by atoms with Crippen LogP contribution in [0.15, 0.2) is 52.3 Å². The summed E-state index contributed by atoms with van der Waals surface area (Å²) in [5.74, 6) is 0. The van der Waals surface area contributed by atoms with Gasteiger partial charge in [-0.3, -0.25) is 0 Å². The second kappa shape index (κ2) is 6.27. The van der Waals surface area contributed by atoms with E-state index < -0.39 is 10.8 Å². The smallest absolute Gasteiger partial charge is 0.0892 e. The number of para-hydroxylation sites is 1. The maximum Gasteiger partial charge on any atom is 0.0892 e. The Balaban J connectivity index is 1.99. The van der Waals surface area contributed by atoms with E-state index in [0.717, 1.165) is 45.2 Å². The zero-order valence-corrected chi connectivity index (χ0v) is 15.3. The molecule has 1 heterocycles. The molecule has 0 bridgehead atoms. The van der Waals surface area contributed by atoms with Gasteiger partial charge in [0.25, 0.3) is 0 Å². The fourth-order valence-electron chi connectivity index (χ4n) is 2.89. The molecule has 122 valence electrons. The molecule has 0 radical (unpaired) electrons. The molecule has 0 amide bonds. The first-order valence-corrected chi connectivity index (χ1v) is 9.28. The lowest BCUT2D eigenvalue weighted by Crippen LogP contribution is -2.37. The molecule has 0 saturated carbocycles. The Kier molecular flexibility index (Phi) is 4.50. The zero-order valence-electron chi connectivity index (χ0n) is 13.8. The second-order valence-corrected chi connectivity index (χ2v) is 8.72. The van der Waals surface area contributed by atoms with E-state index in [9.17, 15) is 4.21 Å². The maximum atomic E-state index is 12.8. The number of anilines is 2. The molecule has 1 aliphatic heterocycles. The number of quaternary nitrogens is 1. The van der Waals surface area contributed by atoms with Crippen LogP contribution in [0.5, 0.6) is 0 Å². The fraction of sp³-hybridized carbons (Fsp3) is 0.333. The number of rotatable bonds is 4. The van der Waals surface area contributed by atoms with Crippen LogP contribution in [0.1, 0.15) is 6.42 Å². The third-order valence-electron chi connectivity index (χ3n) is 3.98. The number of nitrogens with zero attached hydrogens (tertiary/aromatic N) is 2. The van der Waals surface area contributed by atoms with Crippen LogP contribution in [-0.2, 0) is 10.8 Å². The molecule has 1 unspecified atom stereocenters. The van der Waals surface area contributed by atoms with Crippen molar-refractivity contribution in [1.29, 1.82) is 0 Å². The van der Waals surface area contributed by atoms with Gasteiger partial charge in [-0.2, -0.15) is 0 Å². The molecule has 0 N–H and O–H groups in total. The van der Waals surface area contributed by atoms with Crippen LogP contribution in [0, 0.1) is 0 Å². The molecule has 2 aromatic rings. The molecule has 1 atom stereocenters. The van der Waals surface area contributed by atoms with Crippen LogP contribution >= 0.6 is 11.6 Å². The van der Waals surface area contributed by atoms with Crippen LogP contribution in [0.4, 0.5) is 11.4 Å². The van der Waals surface area contributed by atoms with Crippen molar-refractivity contribution >= 4 is 33.8 Å². The number of hydrogen-bond donors (Lipinski definition) is 0. The lowest BCUT2D eigenvalue weighted by atomic mass is 10.2. The predicted molar refractivity (Wildman–Crippen MR) is 97.1 cm³/mol. The number of hydrogen-bond acceptors (Lipinski definition) is 2. The van der Waals surface area contributed by atoms with Crippen molar-refractivity contribution in [3.63, 3.8) is 0 Å². The molecular formula is C18H22ClN2OS+. The minimum Gasteiger partial charge on any atom is -0.339 e. The molecule has 0 saturated heterocycles. The van der Waals surface area contributed by atoms with Gasteiger partial charge < -0.3 is 9.38 Å². The normalized spacial score (nSPS) is 16.9. The molecule has 2 aromatic carbocycles. The molecule has 0 spiro atoms. The van der Waals surface area contributed by atoms with Crippen LogP contribution < -0.4 is 4.90 Å². The van der Waals surface area contributed by atoms with E-state index in [4.69, 9.17) is 11.6 Å². The van der Waals surface area contributed by atoms with Gasteiger partial charge in [-0.1, -0.05) is 23.7 Å². The highest BCUT2D eigenvalue weighted by Crippen LogP contribution is 2.42. The number of halogens is 1. The Morgan fingerprint density at radius 3 is 2.48 bits per heavy atom. The van der Waals surface area contributed by atoms with E-state index >= 15 is 0 Å². The number of fused-ring (bicyclic) bond motifs is 2. The van der Waals surface area contributed by atoms with E-state index in [1.165, 1.54) is 0 Å². The molecule has 0 fully saturated rings. The fourth-order valence-corrected chi connectivity index (χ4v) is 4.41. The van der Waals surface area contributed by atoms with E-state index in [1.54, 1.807) is 0 Å². The summed E-state index contributed by atoms with van der Waals surface area (Å²) in [7, 11) is 5.45. The first-order valence-electron chi connectivity index (χ1n) is 7.75. The minimum absolute atomic E-state index is 0.678. The Labute approximate surface area is 145 Å². The summed E-state index contributed by atoms with van der Waals surface area (Å²) in [5, 5.41) is 0.678. The molecule has 23 heavy (non-hydrogen) atoms. The largest absolute Gasteiger partial charge is 0.339 e. The van der Waals surface area contributed by atoms with E-state index in [-0.39, 0.29) is 0 Å². The lowest BCUT2D eigenvalue weighted by Gasteiger charge is -2.33. The SMILES string of the molecule is C[N+](C)(C)CCCN1c2ccccc2S(=O)c2ccc(Cl)cc21. The molecule has 0 aliphatic carbocycles. The summed E-state index contributed by atoms with van der Waals surface area (Å²) in [5.41, 5.74) is 2.00. The van der Waals surface area contributed by atoms with Crippen molar-refractivity contribution in [2.75, 3.05) is 39.1 Å². The maximum absolute atomic E-state index is 12.8. The van der Waals surface area contributed by atoms with Crippen LogP contribution in [-0.4, -0.2) is 42.9 Å². The molecule has 1 aliphatic rings. The van der Waals surface area contributed by atoms with Crippen LogP contribution in [0.3, 0.4) is 0 Å². The van der Waals surface area contributed by atoms with Gasteiger partial charge >= 0.3 is 0 Å². The van der Waals surface area contributed by atoms with E-state index in [0.29, 0.717) is 5.02 Å². The van der Waals surface area contributed by atoms with Crippen molar-refractivity contribution in [3.8, 4) is 0 Å². The van der Waals surface area contributed by atoms with Crippen LogP contribution in [0.25, 0.3) is 0 Å². The van der Waals surface area contributed by atoms with Gasteiger partial charge in [0.1, 0.15) is 0 Å². The van der Waals surface area contributed by atoms with Gasteiger partial charge in [-0.05, 0) is 30.3 Å². The summed E-state index contributed by atoms with van der Waals surface area (Å²) in [6, 6.07) is 13.6. The minimum atomic E-state index is -1.15. The van der Waals surface area contributed by atoms with Crippen molar-refractivity contribution in [2.24, 2.45) is 0 Å². The molecule has 0 aromatic heterocycles. The highest BCUT2D eigenvalue weighted by atomic mass is 35.5. The van der Waals surface area contributed by atoms with Gasteiger partial charge in [0.15, 0.2) is 0 Å². The summed E-state index contributed by atoms with van der Waals surface area (Å²) < 4.78 is 13.8. The average Bonchev–Trinajstić information content (AvgIpc) is 2.49. The Morgan fingerprint density at radius 2 is 1.74 bits per heavy atom. The highest BCUT2D eigenvalue weighted by Gasteiger charge is 2.28. The van der Waals surface area contributed by atoms with Gasteiger partial charge in [0.2, 0.25) is 0 Å². The average molecular weight is 350 g/mol. The Morgan fingerprint density at radius 1 is 1.04 bits per heavy atom. The predicted octanol–water partition coefficient (Wildman–Crippen LogP) is 4.05. The van der Waals surface area contributed by atoms with E-state index in [1.807, 2.05) is 42.5 Å². The molecular weight excluding hydrogens is 328 g/mol. The summed E-state index contributed by atoms with van der Waals surface area (Å²) in [6.07, 6.45) is 1.05. The van der Waals surface area contributed by atoms with Gasteiger partial charge in [0.05, 0.1) is 59.7 Å². The van der Waals surface area contributed by atoms with Gasteiger partial charge in [0, 0.05) is 18.0 Å². The third-order valence-corrected chi connectivity index (χ3v) is 5.70. The van der Waals surface area contributed by atoms with Crippen molar-refractivity contribution in [3.05, 3.63) is 47.5 Å². The monoisotopic (exact) mass is 349 g/mol. The lowest BCUT2D eigenvalue weighted by molar-refractivity contribution is -0.870. The van der Waals surface area contributed by atoms with Crippen molar-refractivity contribution in [2.45, 2.75) is 16.2 Å². The summed E-state index contributed by atoms with van der Waals surface area (Å²) in [4.78, 5) is 3.99. The van der Waals surface area contributed by atoms with Crippen molar-refractivity contribution < 1.29 is 8.69 Å². The Hall–Kier alpha value is -1.36. The quantitative estimate of drug-likeness (QED) is 0.776. The summed E-state index contributed by atoms with van der Waals surface area (Å²) in [6.45, 7) is 1.97. The van der Waals surface area contributed by atoms with Crippen LogP contribution in [0.2, 0.25) is 5.02 Å². The molecule has 3 rings (SSSR count). The molecule has 5 heteroatoms. The van der Waals surface area contributed by atoms with Gasteiger partial charge in [-0.25, -0.2) is 4.21 Å². The second-order valence-electron chi connectivity index (χ2n) is 6.87. The Bertz CT molecular complexity index is 755. The first kappa shape index (κ1) is 16.5.